The molecule has 0 amide bonds. The van der Waals surface area contributed by atoms with E-state index in [9.17, 15) is 0 Å². The summed E-state index contributed by atoms with van der Waals surface area (Å²) in [5, 5.41) is 13.0. The van der Waals surface area contributed by atoms with Crippen molar-refractivity contribution in [1.29, 1.82) is 0 Å². The van der Waals surface area contributed by atoms with Gasteiger partial charge in [-0.2, -0.15) is 10.2 Å². The zero-order chi connectivity index (χ0) is 18.3. The predicted octanol–water partition coefficient (Wildman–Crippen LogP) is 2.82. The number of aromatic nitrogens is 6. The van der Waals surface area contributed by atoms with Crippen LogP contribution in [0.3, 0.4) is 0 Å². The number of ether oxygens (including phenoxy) is 1. The van der Waals surface area contributed by atoms with E-state index in [0.29, 0.717) is 11.6 Å². The minimum Gasteiger partial charge on any atom is -0.496 e. The van der Waals surface area contributed by atoms with E-state index in [1.165, 1.54) is 0 Å². The summed E-state index contributed by atoms with van der Waals surface area (Å²) in [4.78, 5) is 9.02. The fourth-order valence-corrected chi connectivity index (χ4v) is 2.84. The SMILES string of the molecule is COc1cc(Nc2cc(-c3cc(C)ccn3)nn2C)nc2c1cnn2C. The molecule has 0 aliphatic rings. The van der Waals surface area contributed by atoms with Gasteiger partial charge in [-0.1, -0.05) is 0 Å². The fraction of sp³-hybridized carbons (Fsp3) is 0.222. The van der Waals surface area contributed by atoms with E-state index in [2.05, 4.69) is 25.5 Å². The number of hydrogen-bond donors (Lipinski definition) is 1. The van der Waals surface area contributed by atoms with Crippen LogP contribution in [-0.4, -0.2) is 36.6 Å². The Bertz CT molecular complexity index is 1100. The molecule has 8 heteroatoms. The van der Waals surface area contributed by atoms with Crippen LogP contribution < -0.4 is 10.1 Å². The van der Waals surface area contributed by atoms with Gasteiger partial charge in [0.25, 0.3) is 0 Å². The Kier molecular flexibility index (Phi) is 3.80. The molecular formula is C18H19N7O. The molecule has 4 rings (SSSR count). The first-order chi connectivity index (χ1) is 12.5. The molecule has 0 saturated carbocycles. The van der Waals surface area contributed by atoms with Crippen LogP contribution in [0.1, 0.15) is 5.56 Å². The molecule has 0 bridgehead atoms. The third kappa shape index (κ3) is 2.75. The van der Waals surface area contributed by atoms with Crippen LogP contribution in [0.5, 0.6) is 5.75 Å². The van der Waals surface area contributed by atoms with E-state index < -0.39 is 0 Å². The predicted molar refractivity (Wildman–Crippen MR) is 99.5 cm³/mol. The lowest BCUT2D eigenvalue weighted by Gasteiger charge is -2.08. The Morgan fingerprint density at radius 1 is 1.08 bits per heavy atom. The number of anilines is 2. The molecule has 0 unspecified atom stereocenters. The molecule has 0 radical (unpaired) electrons. The summed E-state index contributed by atoms with van der Waals surface area (Å²) in [5.74, 6) is 2.18. The lowest BCUT2D eigenvalue weighted by atomic mass is 10.2. The first kappa shape index (κ1) is 16.1. The third-order valence-electron chi connectivity index (χ3n) is 4.20. The lowest BCUT2D eigenvalue weighted by molar-refractivity contribution is 0.419. The normalized spacial score (nSPS) is 11.1. The van der Waals surface area contributed by atoms with Crippen LogP contribution in [0.4, 0.5) is 11.6 Å². The van der Waals surface area contributed by atoms with Crippen LogP contribution in [0.2, 0.25) is 0 Å². The fourth-order valence-electron chi connectivity index (χ4n) is 2.84. The van der Waals surface area contributed by atoms with Crippen molar-refractivity contribution < 1.29 is 4.74 Å². The number of rotatable bonds is 4. The van der Waals surface area contributed by atoms with Crippen molar-refractivity contribution in [2.45, 2.75) is 6.92 Å². The molecule has 4 aromatic rings. The topological polar surface area (TPSA) is 82.7 Å². The van der Waals surface area contributed by atoms with Gasteiger partial charge >= 0.3 is 0 Å². The molecule has 0 aliphatic heterocycles. The molecule has 8 nitrogen and oxygen atoms in total. The molecule has 0 aliphatic carbocycles. The highest BCUT2D eigenvalue weighted by atomic mass is 16.5. The average Bonchev–Trinajstić information content (AvgIpc) is 3.18. The number of nitrogens with one attached hydrogen (secondary N) is 1. The Balaban J connectivity index is 1.72. The molecule has 132 valence electrons. The Morgan fingerprint density at radius 3 is 2.69 bits per heavy atom. The largest absolute Gasteiger partial charge is 0.496 e. The minimum absolute atomic E-state index is 0.657. The summed E-state index contributed by atoms with van der Waals surface area (Å²) in [6.45, 7) is 2.03. The summed E-state index contributed by atoms with van der Waals surface area (Å²) in [7, 11) is 5.36. The van der Waals surface area contributed by atoms with Crippen molar-refractivity contribution in [1.82, 2.24) is 29.5 Å². The zero-order valence-corrected chi connectivity index (χ0v) is 15.1. The Morgan fingerprint density at radius 2 is 1.92 bits per heavy atom. The van der Waals surface area contributed by atoms with E-state index in [-0.39, 0.29) is 0 Å². The van der Waals surface area contributed by atoms with Gasteiger partial charge in [-0.15, -0.1) is 0 Å². The number of fused-ring (bicyclic) bond motifs is 1. The lowest BCUT2D eigenvalue weighted by Crippen LogP contribution is -2.02. The third-order valence-corrected chi connectivity index (χ3v) is 4.20. The zero-order valence-electron chi connectivity index (χ0n) is 15.1. The number of nitrogens with zero attached hydrogens (tertiary/aromatic N) is 6. The molecule has 0 atom stereocenters. The maximum atomic E-state index is 5.47. The van der Waals surface area contributed by atoms with Gasteiger partial charge < -0.3 is 10.1 Å². The summed E-state index contributed by atoms with van der Waals surface area (Å²) < 4.78 is 8.95. The van der Waals surface area contributed by atoms with Gasteiger partial charge in [0.2, 0.25) is 0 Å². The molecule has 0 spiro atoms. The number of methoxy groups -OCH3 is 1. The van der Waals surface area contributed by atoms with Crippen LogP contribution >= 0.6 is 0 Å². The number of hydrogen-bond acceptors (Lipinski definition) is 6. The molecule has 0 fully saturated rings. The molecule has 4 heterocycles. The van der Waals surface area contributed by atoms with E-state index >= 15 is 0 Å². The van der Waals surface area contributed by atoms with Crippen molar-refractivity contribution in [3.63, 3.8) is 0 Å². The van der Waals surface area contributed by atoms with E-state index in [1.54, 1.807) is 28.9 Å². The quantitative estimate of drug-likeness (QED) is 0.610. The van der Waals surface area contributed by atoms with Crippen LogP contribution in [0, 0.1) is 6.92 Å². The monoisotopic (exact) mass is 349 g/mol. The highest BCUT2D eigenvalue weighted by Crippen LogP contribution is 2.29. The second-order valence-corrected chi connectivity index (χ2v) is 6.10. The number of pyridine rings is 2. The first-order valence-corrected chi connectivity index (χ1v) is 8.16. The van der Waals surface area contributed by atoms with Crippen LogP contribution in [0.25, 0.3) is 22.4 Å². The summed E-state index contributed by atoms with van der Waals surface area (Å²) in [6.07, 6.45) is 3.53. The van der Waals surface area contributed by atoms with E-state index in [1.807, 2.05) is 45.3 Å². The van der Waals surface area contributed by atoms with E-state index in [0.717, 1.165) is 33.8 Å². The van der Waals surface area contributed by atoms with Gasteiger partial charge in [0.15, 0.2) is 5.65 Å². The van der Waals surface area contributed by atoms with Crippen LogP contribution in [-0.2, 0) is 14.1 Å². The molecule has 4 aromatic heterocycles. The highest BCUT2D eigenvalue weighted by Gasteiger charge is 2.13. The van der Waals surface area contributed by atoms with Gasteiger partial charge in [-0.25, -0.2) is 4.98 Å². The van der Waals surface area contributed by atoms with Gasteiger partial charge in [-0.05, 0) is 24.6 Å². The van der Waals surface area contributed by atoms with Gasteiger partial charge in [0.1, 0.15) is 23.1 Å². The maximum absolute atomic E-state index is 5.47. The van der Waals surface area contributed by atoms with Gasteiger partial charge in [0, 0.05) is 32.4 Å². The summed E-state index contributed by atoms with van der Waals surface area (Å²) >= 11 is 0. The molecule has 1 N–H and O–H groups in total. The van der Waals surface area contributed by atoms with Gasteiger partial charge in [0.05, 0.1) is 24.4 Å². The van der Waals surface area contributed by atoms with Crippen molar-refractivity contribution >= 4 is 22.7 Å². The summed E-state index contributed by atoms with van der Waals surface area (Å²) in [5.41, 5.74) is 3.52. The second kappa shape index (κ2) is 6.14. The van der Waals surface area contributed by atoms with Crippen LogP contribution in [0.15, 0.2) is 36.7 Å². The molecule has 26 heavy (non-hydrogen) atoms. The minimum atomic E-state index is 0.657. The maximum Gasteiger partial charge on any atom is 0.163 e. The Hall–Kier alpha value is -3.42. The van der Waals surface area contributed by atoms with Crippen molar-refractivity contribution in [3.05, 3.63) is 42.2 Å². The standard InChI is InChI=1S/C18H19N7O/c1-11-5-6-19-13(7-11)14-8-17(24(2)23-14)21-16-9-15(26-4)12-10-20-25(3)18(12)22-16/h5-10H,1-4H3,(H,21,22). The Labute approximate surface area is 150 Å². The van der Waals surface area contributed by atoms with Crippen molar-refractivity contribution in [2.75, 3.05) is 12.4 Å². The first-order valence-electron chi connectivity index (χ1n) is 8.16. The summed E-state index contributed by atoms with van der Waals surface area (Å²) in [6, 6.07) is 7.77. The highest BCUT2D eigenvalue weighted by molar-refractivity contribution is 5.84. The molecule has 0 aromatic carbocycles. The van der Waals surface area contributed by atoms with Crippen molar-refractivity contribution in [2.24, 2.45) is 14.1 Å². The average molecular weight is 349 g/mol. The molecule has 0 saturated heterocycles. The van der Waals surface area contributed by atoms with Gasteiger partial charge in [-0.3, -0.25) is 14.3 Å². The van der Waals surface area contributed by atoms with E-state index in [4.69, 9.17) is 4.74 Å². The number of aryl methyl sites for hydroxylation is 3. The smallest absolute Gasteiger partial charge is 0.163 e. The second-order valence-electron chi connectivity index (χ2n) is 6.10. The molecular weight excluding hydrogens is 330 g/mol. The van der Waals surface area contributed by atoms with Crippen molar-refractivity contribution in [3.8, 4) is 17.1 Å².